The van der Waals surface area contributed by atoms with Crippen molar-refractivity contribution in [3.63, 3.8) is 0 Å². The highest BCUT2D eigenvalue weighted by Gasteiger charge is 2.06. The lowest BCUT2D eigenvalue weighted by atomic mass is 10.1. The number of carbonyl (C=O) groups is 1. The predicted octanol–water partition coefficient (Wildman–Crippen LogP) is 1.40. The number of halogens is 2. The van der Waals surface area contributed by atoms with Gasteiger partial charge >= 0.3 is 0 Å². The number of carbonyl (C=O) groups excluding carboxylic acids is 1. The molecular formula is C11H14ClFN2O. The first-order valence-electron chi connectivity index (χ1n) is 4.96. The van der Waals surface area contributed by atoms with E-state index in [0.29, 0.717) is 29.1 Å². The molecule has 1 aromatic rings. The van der Waals surface area contributed by atoms with Crippen LogP contribution in [0.4, 0.5) is 4.39 Å². The first kappa shape index (κ1) is 12.9. The van der Waals surface area contributed by atoms with Crippen molar-refractivity contribution in [2.24, 2.45) is 5.73 Å². The molecule has 0 saturated carbocycles. The van der Waals surface area contributed by atoms with Gasteiger partial charge in [0.25, 0.3) is 0 Å². The molecule has 0 heterocycles. The maximum absolute atomic E-state index is 13.2. The molecule has 88 valence electrons. The molecule has 1 aromatic carbocycles. The van der Waals surface area contributed by atoms with Crippen molar-refractivity contribution < 1.29 is 9.18 Å². The molecule has 3 N–H and O–H groups in total. The standard InChI is InChI=1S/C11H14ClFN2O/c1-7-4-9(12)8(5-10(7)13)2-3-15-11(16)6-14/h4-5H,2-3,6,14H2,1H3,(H,15,16). The molecule has 0 radical (unpaired) electrons. The summed E-state index contributed by atoms with van der Waals surface area (Å²) in [5, 5.41) is 3.11. The van der Waals surface area contributed by atoms with Crippen LogP contribution in [0, 0.1) is 12.7 Å². The zero-order valence-electron chi connectivity index (χ0n) is 9.02. The van der Waals surface area contributed by atoms with E-state index in [9.17, 15) is 9.18 Å². The fraction of sp³-hybridized carbons (Fsp3) is 0.364. The fourth-order valence-electron chi connectivity index (χ4n) is 1.29. The fourth-order valence-corrected chi connectivity index (χ4v) is 1.60. The molecule has 0 atom stereocenters. The van der Waals surface area contributed by atoms with Crippen LogP contribution in [0.2, 0.25) is 5.02 Å². The van der Waals surface area contributed by atoms with Gasteiger partial charge in [0, 0.05) is 11.6 Å². The summed E-state index contributed by atoms with van der Waals surface area (Å²) in [4.78, 5) is 10.9. The van der Waals surface area contributed by atoms with Gasteiger partial charge in [-0.15, -0.1) is 0 Å². The minimum absolute atomic E-state index is 0.0456. The summed E-state index contributed by atoms with van der Waals surface area (Å²) < 4.78 is 13.2. The van der Waals surface area contributed by atoms with E-state index in [2.05, 4.69) is 5.32 Å². The van der Waals surface area contributed by atoms with E-state index < -0.39 is 0 Å². The third-order valence-electron chi connectivity index (χ3n) is 2.23. The number of hydrogen-bond donors (Lipinski definition) is 2. The van der Waals surface area contributed by atoms with Gasteiger partial charge in [0.1, 0.15) is 5.82 Å². The van der Waals surface area contributed by atoms with Gasteiger partial charge in [0.15, 0.2) is 0 Å². The SMILES string of the molecule is Cc1cc(Cl)c(CCNC(=O)CN)cc1F. The molecule has 16 heavy (non-hydrogen) atoms. The molecular weight excluding hydrogens is 231 g/mol. The Morgan fingerprint density at radius 2 is 2.25 bits per heavy atom. The van der Waals surface area contributed by atoms with Gasteiger partial charge in [-0.1, -0.05) is 11.6 Å². The van der Waals surface area contributed by atoms with Crippen LogP contribution in [0.25, 0.3) is 0 Å². The Kier molecular flexibility index (Phi) is 4.71. The number of amides is 1. The maximum atomic E-state index is 13.2. The number of rotatable bonds is 4. The molecule has 0 aliphatic heterocycles. The maximum Gasteiger partial charge on any atom is 0.233 e. The van der Waals surface area contributed by atoms with Crippen LogP contribution in [0.15, 0.2) is 12.1 Å². The van der Waals surface area contributed by atoms with Gasteiger partial charge in [0.05, 0.1) is 6.54 Å². The summed E-state index contributed by atoms with van der Waals surface area (Å²) in [7, 11) is 0. The molecule has 0 fully saturated rings. The van der Waals surface area contributed by atoms with Crippen LogP contribution in [0.5, 0.6) is 0 Å². The lowest BCUT2D eigenvalue weighted by Crippen LogP contribution is -2.31. The Hall–Kier alpha value is -1.13. The van der Waals surface area contributed by atoms with E-state index in [-0.39, 0.29) is 18.3 Å². The molecule has 3 nitrogen and oxygen atoms in total. The van der Waals surface area contributed by atoms with Crippen molar-refractivity contribution in [3.05, 3.63) is 34.1 Å². The van der Waals surface area contributed by atoms with Crippen LogP contribution < -0.4 is 11.1 Å². The summed E-state index contributed by atoms with van der Waals surface area (Å²) in [5.41, 5.74) is 6.32. The quantitative estimate of drug-likeness (QED) is 0.841. The Bertz CT molecular complexity index is 396. The van der Waals surface area contributed by atoms with Crippen molar-refractivity contribution in [3.8, 4) is 0 Å². The smallest absolute Gasteiger partial charge is 0.233 e. The van der Waals surface area contributed by atoms with Crippen LogP contribution in [0.3, 0.4) is 0 Å². The topological polar surface area (TPSA) is 55.1 Å². The Morgan fingerprint density at radius 1 is 1.56 bits per heavy atom. The van der Waals surface area contributed by atoms with Crippen LogP contribution in [-0.4, -0.2) is 19.0 Å². The minimum atomic E-state index is -0.287. The molecule has 0 aromatic heterocycles. The second kappa shape index (κ2) is 5.82. The van der Waals surface area contributed by atoms with Crippen molar-refractivity contribution >= 4 is 17.5 Å². The van der Waals surface area contributed by atoms with E-state index in [1.165, 1.54) is 6.07 Å². The molecule has 1 amide bonds. The number of nitrogens with one attached hydrogen (secondary N) is 1. The number of hydrogen-bond acceptors (Lipinski definition) is 2. The lowest BCUT2D eigenvalue weighted by Gasteiger charge is -2.07. The summed E-state index contributed by atoms with van der Waals surface area (Å²) in [6.07, 6.45) is 0.488. The first-order valence-corrected chi connectivity index (χ1v) is 5.33. The third kappa shape index (κ3) is 3.47. The summed E-state index contributed by atoms with van der Waals surface area (Å²) in [5.74, 6) is -0.520. The molecule has 0 spiro atoms. The Labute approximate surface area is 98.8 Å². The molecule has 0 saturated heterocycles. The molecule has 5 heteroatoms. The van der Waals surface area contributed by atoms with E-state index in [1.54, 1.807) is 13.0 Å². The van der Waals surface area contributed by atoms with Gasteiger partial charge in [-0.2, -0.15) is 0 Å². The van der Waals surface area contributed by atoms with E-state index in [4.69, 9.17) is 17.3 Å². The molecule has 0 aliphatic rings. The monoisotopic (exact) mass is 244 g/mol. The highest BCUT2D eigenvalue weighted by Crippen LogP contribution is 2.20. The first-order chi connectivity index (χ1) is 7.54. The molecule has 1 rings (SSSR count). The Balaban J connectivity index is 2.60. The van der Waals surface area contributed by atoms with Gasteiger partial charge in [0.2, 0.25) is 5.91 Å². The third-order valence-corrected chi connectivity index (χ3v) is 2.58. The molecule has 0 bridgehead atoms. The van der Waals surface area contributed by atoms with Gasteiger partial charge < -0.3 is 11.1 Å². The summed E-state index contributed by atoms with van der Waals surface area (Å²) in [6.45, 7) is 2.01. The van der Waals surface area contributed by atoms with Gasteiger partial charge in [-0.05, 0) is 36.6 Å². The average molecular weight is 245 g/mol. The van der Waals surface area contributed by atoms with E-state index in [1.807, 2.05) is 0 Å². The number of aryl methyl sites for hydroxylation is 1. The van der Waals surface area contributed by atoms with Crippen LogP contribution in [-0.2, 0) is 11.2 Å². The summed E-state index contributed by atoms with van der Waals surface area (Å²) >= 11 is 5.95. The van der Waals surface area contributed by atoms with Crippen molar-refractivity contribution in [2.75, 3.05) is 13.1 Å². The second-order valence-corrected chi connectivity index (χ2v) is 3.90. The zero-order valence-corrected chi connectivity index (χ0v) is 9.77. The largest absolute Gasteiger partial charge is 0.355 e. The second-order valence-electron chi connectivity index (χ2n) is 3.50. The normalized spacial score (nSPS) is 10.2. The number of benzene rings is 1. The van der Waals surface area contributed by atoms with Crippen molar-refractivity contribution in [2.45, 2.75) is 13.3 Å². The van der Waals surface area contributed by atoms with E-state index >= 15 is 0 Å². The number of nitrogens with two attached hydrogens (primary N) is 1. The minimum Gasteiger partial charge on any atom is -0.355 e. The van der Waals surface area contributed by atoms with E-state index in [0.717, 1.165) is 0 Å². The molecule has 0 unspecified atom stereocenters. The lowest BCUT2D eigenvalue weighted by molar-refractivity contribution is -0.119. The molecule has 0 aliphatic carbocycles. The highest BCUT2D eigenvalue weighted by atomic mass is 35.5. The van der Waals surface area contributed by atoms with Crippen molar-refractivity contribution in [1.82, 2.24) is 5.32 Å². The highest BCUT2D eigenvalue weighted by molar-refractivity contribution is 6.31. The zero-order chi connectivity index (χ0) is 12.1. The average Bonchev–Trinajstić information content (AvgIpc) is 2.25. The van der Waals surface area contributed by atoms with Crippen LogP contribution >= 0.6 is 11.6 Å². The van der Waals surface area contributed by atoms with Crippen LogP contribution in [0.1, 0.15) is 11.1 Å². The van der Waals surface area contributed by atoms with Gasteiger partial charge in [-0.3, -0.25) is 4.79 Å². The predicted molar refractivity (Wildman–Crippen MR) is 61.9 cm³/mol. The van der Waals surface area contributed by atoms with Crippen molar-refractivity contribution in [1.29, 1.82) is 0 Å². The Morgan fingerprint density at radius 3 is 2.88 bits per heavy atom. The summed E-state index contributed by atoms with van der Waals surface area (Å²) in [6, 6.07) is 2.98. The van der Waals surface area contributed by atoms with Gasteiger partial charge in [-0.25, -0.2) is 4.39 Å².